The summed E-state index contributed by atoms with van der Waals surface area (Å²) in [6.45, 7) is 0.129. The van der Waals surface area contributed by atoms with Gasteiger partial charge in [0.15, 0.2) is 0 Å². The molecule has 2 N–H and O–H groups in total. The lowest BCUT2D eigenvalue weighted by Crippen LogP contribution is -2.61. The van der Waals surface area contributed by atoms with E-state index in [1.807, 2.05) is 79.4 Å². The molecule has 0 spiro atoms. The summed E-state index contributed by atoms with van der Waals surface area (Å²) in [5.74, 6) is 0. The fourth-order valence-corrected chi connectivity index (χ4v) is 12.9. The Hall–Kier alpha value is -10.4. The highest BCUT2D eigenvalue weighted by molar-refractivity contribution is 14.1. The van der Waals surface area contributed by atoms with Crippen LogP contribution >= 0.6 is 22.6 Å². The number of hydrogen-bond donors (Lipinski definition) is 2. The molecule has 8 nitrogen and oxygen atoms in total. The zero-order chi connectivity index (χ0) is 56.6. The first-order chi connectivity index (χ1) is 42.1. The molecule has 0 unspecified atom stereocenters. The van der Waals surface area contributed by atoms with Crippen molar-refractivity contribution in [2.75, 3.05) is 20.4 Å². The number of nitrogens with one attached hydrogen (secondary N) is 2. The van der Waals surface area contributed by atoms with Crippen LogP contribution in [0, 0.1) is 3.57 Å². The Morgan fingerprint density at radius 3 is 1.01 bits per heavy atom. The maximum atomic E-state index is 4.72. The van der Waals surface area contributed by atoms with Crippen molar-refractivity contribution in [3.8, 4) is 45.0 Å². The summed E-state index contributed by atoms with van der Waals surface area (Å²) in [5, 5.41) is 7.33. The van der Waals surface area contributed by atoms with Gasteiger partial charge in [0.25, 0.3) is 13.4 Å². The second kappa shape index (κ2) is 22.4. The Labute approximate surface area is 509 Å². The zero-order valence-corrected chi connectivity index (χ0v) is 48.2. The average molecular weight is 1200 g/mol. The molecule has 0 fully saturated rings. The normalized spacial score (nSPS) is 12.4. The van der Waals surface area contributed by atoms with Crippen LogP contribution in [0.3, 0.4) is 0 Å². The summed E-state index contributed by atoms with van der Waals surface area (Å²) >= 11 is 2.28. The number of pyridine rings is 4. The molecule has 0 atom stereocenters. The van der Waals surface area contributed by atoms with Crippen LogP contribution in [-0.2, 0) is 0 Å². The Kier molecular flexibility index (Phi) is 13.6. The molecule has 0 amide bonds. The van der Waals surface area contributed by atoms with E-state index in [9.17, 15) is 0 Å². The molecule has 17 rings (SSSR count). The first kappa shape index (κ1) is 51.5. The van der Waals surface area contributed by atoms with Crippen LogP contribution in [0.5, 0.6) is 0 Å². The fraction of sp³-hybridized carbons (Fsp3) is 0. The lowest BCUT2D eigenvalue weighted by atomic mass is 9.33. The number of aromatic nitrogens is 4. The molecule has 8 heterocycles. The third kappa shape index (κ3) is 9.68. The molecular formula is C74H51B2IN8. The molecule has 0 aliphatic carbocycles. The van der Waals surface area contributed by atoms with Crippen molar-refractivity contribution in [1.29, 1.82) is 0 Å². The summed E-state index contributed by atoms with van der Waals surface area (Å²) < 4.78 is 1.29. The predicted octanol–water partition coefficient (Wildman–Crippen LogP) is 14.6. The van der Waals surface area contributed by atoms with E-state index >= 15 is 0 Å². The maximum absolute atomic E-state index is 4.72. The Morgan fingerprint density at radius 2 is 0.635 bits per heavy atom. The van der Waals surface area contributed by atoms with Crippen molar-refractivity contribution in [2.45, 2.75) is 0 Å². The number of rotatable bonds is 6. The topological polar surface area (TPSA) is 82.1 Å². The van der Waals surface area contributed by atoms with Gasteiger partial charge in [0.1, 0.15) is 0 Å². The second-order valence-electron chi connectivity index (χ2n) is 21.2. The van der Waals surface area contributed by atoms with Crippen LogP contribution in [0.1, 0.15) is 0 Å². The fourth-order valence-electron chi connectivity index (χ4n) is 12.5. The van der Waals surface area contributed by atoms with Crippen molar-refractivity contribution in [2.24, 2.45) is 0 Å². The lowest BCUT2D eigenvalue weighted by molar-refractivity contribution is 1.25. The predicted molar refractivity (Wildman–Crippen MR) is 363 cm³/mol. The van der Waals surface area contributed by atoms with Gasteiger partial charge >= 0.3 is 0 Å². The molecule has 400 valence electrons. The first-order valence-electron chi connectivity index (χ1n) is 28.5. The summed E-state index contributed by atoms with van der Waals surface area (Å²) in [5.41, 5.74) is 27.6. The maximum Gasteiger partial charge on any atom is 0.252 e. The Balaban J connectivity index is 0.000000134. The van der Waals surface area contributed by atoms with Gasteiger partial charge in [-0.1, -0.05) is 140 Å². The largest absolute Gasteiger partial charge is 0.356 e. The molecule has 11 heteroatoms. The van der Waals surface area contributed by atoms with Crippen molar-refractivity contribution < 1.29 is 0 Å². The highest BCUT2D eigenvalue weighted by Crippen LogP contribution is 2.45. The molecule has 4 aliphatic rings. The Morgan fingerprint density at radius 1 is 0.282 bits per heavy atom. The number of anilines is 10. The van der Waals surface area contributed by atoms with Crippen LogP contribution in [0.4, 0.5) is 56.9 Å². The minimum Gasteiger partial charge on any atom is -0.356 e. The molecule has 85 heavy (non-hydrogen) atoms. The molecule has 0 bridgehead atoms. The third-order valence-corrected chi connectivity index (χ3v) is 17.0. The first-order valence-corrected chi connectivity index (χ1v) is 29.6. The van der Waals surface area contributed by atoms with E-state index in [4.69, 9.17) is 9.97 Å². The van der Waals surface area contributed by atoms with E-state index in [-0.39, 0.29) is 13.4 Å². The summed E-state index contributed by atoms with van der Waals surface area (Å²) in [7, 11) is 0. The number of halogens is 1. The zero-order valence-electron chi connectivity index (χ0n) is 46.0. The number of benzene rings is 9. The average Bonchev–Trinajstić information content (AvgIpc) is 1.15. The molecule has 13 aromatic rings. The van der Waals surface area contributed by atoms with Gasteiger partial charge in [-0.3, -0.25) is 19.9 Å². The van der Waals surface area contributed by atoms with Gasteiger partial charge in [-0.15, -0.1) is 0 Å². The van der Waals surface area contributed by atoms with Crippen molar-refractivity contribution >= 4 is 126 Å². The SMILES string of the molecule is Ic1ccccc1.c1ccc(-c2ccc3c(c2)B2c4cc(-c5ccccn5)ccc4Nc4cccc(c42)N3)nc1.c1ccc(N2c3ccc(-c4ccccn4)cc3B3c4cc(-c5ccccn5)ccc4N(c4ccccc4)c4cccc2c43)cc1. The van der Waals surface area contributed by atoms with Crippen LogP contribution in [0.15, 0.2) is 298 Å². The highest BCUT2D eigenvalue weighted by atomic mass is 127. The molecule has 0 saturated carbocycles. The Bertz CT molecular complexity index is 4300. The number of nitrogens with zero attached hydrogens (tertiary/aromatic N) is 6. The van der Waals surface area contributed by atoms with Gasteiger partial charge < -0.3 is 20.4 Å². The van der Waals surface area contributed by atoms with Crippen molar-refractivity contribution in [3.05, 3.63) is 301 Å². The smallest absolute Gasteiger partial charge is 0.252 e. The molecule has 4 aliphatic heterocycles. The highest BCUT2D eigenvalue weighted by Gasteiger charge is 2.44. The van der Waals surface area contributed by atoms with E-state index < -0.39 is 0 Å². The molecule has 9 aromatic carbocycles. The summed E-state index contributed by atoms with van der Waals surface area (Å²) in [6.07, 6.45) is 7.43. The van der Waals surface area contributed by atoms with Gasteiger partial charge in [0.05, 0.1) is 22.8 Å². The summed E-state index contributed by atoms with van der Waals surface area (Å²) in [4.78, 5) is 23.4. The molecule has 0 radical (unpaired) electrons. The van der Waals surface area contributed by atoms with E-state index in [0.29, 0.717) is 0 Å². The minimum absolute atomic E-state index is 0.00782. The van der Waals surface area contributed by atoms with Crippen LogP contribution in [0.2, 0.25) is 0 Å². The van der Waals surface area contributed by atoms with Crippen molar-refractivity contribution in [3.63, 3.8) is 0 Å². The van der Waals surface area contributed by atoms with Crippen molar-refractivity contribution in [1.82, 2.24) is 19.9 Å². The van der Waals surface area contributed by atoms with Crippen LogP contribution in [0.25, 0.3) is 45.0 Å². The summed E-state index contributed by atoms with van der Waals surface area (Å²) in [6, 6.07) is 96.0. The van der Waals surface area contributed by atoms with Gasteiger partial charge in [0, 0.05) is 85.2 Å². The van der Waals surface area contributed by atoms with Crippen LogP contribution < -0.4 is 53.2 Å². The van der Waals surface area contributed by atoms with E-state index in [0.717, 1.165) is 79.2 Å². The molecule has 0 saturated heterocycles. The quantitative estimate of drug-likeness (QED) is 0.126. The van der Waals surface area contributed by atoms with E-state index in [1.165, 1.54) is 59.1 Å². The number of fused-ring (bicyclic) bond motifs is 8. The minimum atomic E-state index is 0.00782. The van der Waals surface area contributed by atoms with E-state index in [2.05, 4.69) is 271 Å². The van der Waals surface area contributed by atoms with Gasteiger partial charge in [0.2, 0.25) is 0 Å². The second-order valence-corrected chi connectivity index (χ2v) is 22.5. The van der Waals surface area contributed by atoms with Crippen LogP contribution in [-0.4, -0.2) is 33.4 Å². The number of hydrogen-bond acceptors (Lipinski definition) is 8. The van der Waals surface area contributed by atoms with Gasteiger partial charge in [-0.05, 0) is 211 Å². The monoisotopic (exact) mass is 1200 g/mol. The molecule has 4 aromatic heterocycles. The lowest BCUT2D eigenvalue weighted by Gasteiger charge is -2.44. The third-order valence-electron chi connectivity index (χ3n) is 16.3. The standard InChI is InChI=1S/C40H27BN4.C28H19BN4.C6H5I/c1-3-12-30(13-4-1)44-36-22-20-28(34-16-7-9-24-42-34)26-32(36)41-33-27-29(35-17-8-10-25-43-35)21-23-37(33)45(31-14-5-2-6-15-31)39-19-11-18-38(44)40(39)41;1-3-14-30-22(6-1)18-10-12-24-20(16-18)29-21-17-19(23-7-2-4-15-31-23)11-13-25(21)33-27-9-5-8-26(32-24)28(27)29;7-6-4-2-1-3-5-6/h1-27H;1-17,32-33H;1-5H. The number of para-hydroxylation sites is 2. The molecular weight excluding hydrogens is 1150 g/mol. The van der Waals surface area contributed by atoms with Gasteiger partial charge in [-0.2, -0.15) is 0 Å². The van der Waals surface area contributed by atoms with E-state index in [1.54, 1.807) is 0 Å². The van der Waals surface area contributed by atoms with Gasteiger partial charge in [-0.25, -0.2) is 0 Å².